The lowest BCUT2D eigenvalue weighted by Crippen LogP contribution is -2.41. The highest BCUT2D eigenvalue weighted by Crippen LogP contribution is 2.25. The van der Waals surface area contributed by atoms with Crippen molar-refractivity contribution in [1.82, 2.24) is 5.32 Å². The van der Waals surface area contributed by atoms with Crippen LogP contribution >= 0.6 is 11.6 Å². The van der Waals surface area contributed by atoms with Gasteiger partial charge in [-0.3, -0.25) is 9.10 Å². The fourth-order valence-corrected chi connectivity index (χ4v) is 3.11. The molecule has 0 fully saturated rings. The van der Waals surface area contributed by atoms with Crippen molar-refractivity contribution in [2.45, 2.75) is 27.2 Å². The Kier molecular flexibility index (Phi) is 6.68. The number of anilines is 1. The maximum atomic E-state index is 12.0. The van der Waals surface area contributed by atoms with Gasteiger partial charge in [-0.1, -0.05) is 25.4 Å². The predicted octanol–water partition coefficient (Wildman–Crippen LogP) is 2.58. The monoisotopic (exact) mass is 346 g/mol. The first-order chi connectivity index (χ1) is 10.1. The number of rotatable bonds is 7. The minimum Gasteiger partial charge on any atom is -0.355 e. The Morgan fingerprint density at radius 1 is 1.36 bits per heavy atom. The van der Waals surface area contributed by atoms with Gasteiger partial charge in [-0.25, -0.2) is 8.42 Å². The summed E-state index contributed by atoms with van der Waals surface area (Å²) in [5.41, 5.74) is 1.17. The molecule has 124 valence electrons. The Morgan fingerprint density at radius 2 is 2.00 bits per heavy atom. The SMILES string of the molecule is Cc1cc(Cl)ccc1N(CC(=O)NCCC(C)C)S(C)(=O)=O. The van der Waals surface area contributed by atoms with E-state index in [2.05, 4.69) is 19.2 Å². The molecule has 0 aliphatic rings. The van der Waals surface area contributed by atoms with Crippen LogP contribution in [0.5, 0.6) is 0 Å². The largest absolute Gasteiger partial charge is 0.355 e. The standard InChI is InChI=1S/C15H23ClN2O3S/c1-11(2)7-8-17-15(19)10-18(22(4,20)21)14-6-5-13(16)9-12(14)3/h5-6,9,11H,7-8,10H2,1-4H3,(H,17,19). The first kappa shape index (κ1) is 18.8. The smallest absolute Gasteiger partial charge is 0.240 e. The average molecular weight is 347 g/mol. The molecule has 1 N–H and O–H groups in total. The zero-order valence-corrected chi connectivity index (χ0v) is 15.0. The molecule has 1 aromatic rings. The summed E-state index contributed by atoms with van der Waals surface area (Å²) in [6, 6.07) is 4.89. The number of amides is 1. The molecule has 0 aliphatic carbocycles. The van der Waals surface area contributed by atoms with E-state index in [4.69, 9.17) is 11.6 Å². The maximum Gasteiger partial charge on any atom is 0.240 e. The van der Waals surface area contributed by atoms with Gasteiger partial charge in [-0.2, -0.15) is 0 Å². The lowest BCUT2D eigenvalue weighted by Gasteiger charge is -2.23. The van der Waals surface area contributed by atoms with Crippen molar-refractivity contribution >= 4 is 33.2 Å². The molecule has 0 saturated carbocycles. The van der Waals surface area contributed by atoms with Gasteiger partial charge in [0.2, 0.25) is 15.9 Å². The zero-order valence-electron chi connectivity index (χ0n) is 13.4. The molecule has 0 atom stereocenters. The van der Waals surface area contributed by atoms with Gasteiger partial charge in [-0.15, -0.1) is 0 Å². The van der Waals surface area contributed by atoms with Gasteiger partial charge in [0.15, 0.2) is 0 Å². The first-order valence-corrected chi connectivity index (χ1v) is 9.34. The van der Waals surface area contributed by atoms with Gasteiger partial charge in [0, 0.05) is 11.6 Å². The fraction of sp³-hybridized carbons (Fsp3) is 0.533. The number of sulfonamides is 1. The van der Waals surface area contributed by atoms with Crippen LogP contribution in [-0.2, 0) is 14.8 Å². The molecule has 0 heterocycles. The van der Waals surface area contributed by atoms with Crippen LogP contribution in [0.1, 0.15) is 25.8 Å². The second kappa shape index (κ2) is 7.83. The van der Waals surface area contributed by atoms with Crippen LogP contribution < -0.4 is 9.62 Å². The molecule has 7 heteroatoms. The highest BCUT2D eigenvalue weighted by molar-refractivity contribution is 7.92. The lowest BCUT2D eigenvalue weighted by atomic mass is 10.1. The van der Waals surface area contributed by atoms with Crippen molar-refractivity contribution in [2.75, 3.05) is 23.7 Å². The van der Waals surface area contributed by atoms with Gasteiger partial charge in [0.25, 0.3) is 0 Å². The van der Waals surface area contributed by atoms with Crippen LogP contribution in [0.4, 0.5) is 5.69 Å². The molecule has 0 saturated heterocycles. The van der Waals surface area contributed by atoms with Crippen molar-refractivity contribution in [3.8, 4) is 0 Å². The average Bonchev–Trinajstić information content (AvgIpc) is 2.35. The van der Waals surface area contributed by atoms with E-state index in [9.17, 15) is 13.2 Å². The fourth-order valence-electron chi connectivity index (χ4n) is 1.97. The minimum absolute atomic E-state index is 0.237. The summed E-state index contributed by atoms with van der Waals surface area (Å²) in [6.45, 7) is 6.18. The Morgan fingerprint density at radius 3 is 2.50 bits per heavy atom. The van der Waals surface area contributed by atoms with E-state index in [1.54, 1.807) is 25.1 Å². The van der Waals surface area contributed by atoms with Gasteiger partial charge in [0.1, 0.15) is 6.54 Å². The van der Waals surface area contributed by atoms with E-state index in [0.29, 0.717) is 28.7 Å². The highest BCUT2D eigenvalue weighted by atomic mass is 35.5. The summed E-state index contributed by atoms with van der Waals surface area (Å²) in [5, 5.41) is 3.27. The second-order valence-corrected chi connectivity index (χ2v) is 8.08. The molecule has 22 heavy (non-hydrogen) atoms. The zero-order chi connectivity index (χ0) is 16.9. The molecule has 5 nitrogen and oxygen atoms in total. The number of nitrogens with zero attached hydrogens (tertiary/aromatic N) is 1. The Labute approximate surface area is 137 Å². The third-order valence-corrected chi connectivity index (χ3v) is 4.52. The van der Waals surface area contributed by atoms with Crippen molar-refractivity contribution in [2.24, 2.45) is 5.92 Å². The molecule has 1 rings (SSSR count). The summed E-state index contributed by atoms with van der Waals surface area (Å²) < 4.78 is 25.1. The topological polar surface area (TPSA) is 66.5 Å². The van der Waals surface area contributed by atoms with E-state index in [1.165, 1.54) is 0 Å². The molecule has 1 amide bonds. The number of aryl methyl sites for hydroxylation is 1. The Hall–Kier alpha value is -1.27. The van der Waals surface area contributed by atoms with Gasteiger partial charge in [0.05, 0.1) is 11.9 Å². The van der Waals surface area contributed by atoms with Crippen molar-refractivity contribution in [3.63, 3.8) is 0 Å². The van der Waals surface area contributed by atoms with Gasteiger partial charge in [-0.05, 0) is 43.0 Å². The number of carbonyl (C=O) groups is 1. The summed E-state index contributed by atoms with van der Waals surface area (Å²) in [5.74, 6) is 0.158. The normalized spacial score (nSPS) is 11.5. The summed E-state index contributed by atoms with van der Waals surface area (Å²) in [6.07, 6.45) is 1.94. The molecule has 0 unspecified atom stereocenters. The number of nitrogens with one attached hydrogen (secondary N) is 1. The van der Waals surface area contributed by atoms with E-state index >= 15 is 0 Å². The molecule has 0 radical (unpaired) electrons. The predicted molar refractivity (Wildman–Crippen MR) is 90.8 cm³/mol. The van der Waals surface area contributed by atoms with Crippen LogP contribution in [0.2, 0.25) is 5.02 Å². The number of hydrogen-bond donors (Lipinski definition) is 1. The highest BCUT2D eigenvalue weighted by Gasteiger charge is 2.22. The number of carbonyl (C=O) groups excluding carboxylic acids is 1. The molecule has 0 aliphatic heterocycles. The second-order valence-electron chi connectivity index (χ2n) is 5.73. The van der Waals surface area contributed by atoms with E-state index in [0.717, 1.165) is 17.0 Å². The summed E-state index contributed by atoms with van der Waals surface area (Å²) in [4.78, 5) is 12.0. The van der Waals surface area contributed by atoms with E-state index in [1.807, 2.05) is 0 Å². The molecule has 1 aromatic carbocycles. The van der Waals surface area contributed by atoms with Crippen LogP contribution in [0.3, 0.4) is 0 Å². The quantitative estimate of drug-likeness (QED) is 0.825. The molecular formula is C15H23ClN2O3S. The molecular weight excluding hydrogens is 324 g/mol. The van der Waals surface area contributed by atoms with Crippen molar-refractivity contribution in [1.29, 1.82) is 0 Å². The maximum absolute atomic E-state index is 12.0. The third-order valence-electron chi connectivity index (χ3n) is 3.16. The Balaban J connectivity index is 2.89. The number of halogens is 1. The number of benzene rings is 1. The third kappa shape index (κ3) is 5.85. The Bertz CT molecular complexity index is 630. The van der Waals surface area contributed by atoms with Crippen molar-refractivity contribution < 1.29 is 13.2 Å². The molecule has 0 bridgehead atoms. The first-order valence-electron chi connectivity index (χ1n) is 7.12. The van der Waals surface area contributed by atoms with Crippen LogP contribution in [0, 0.1) is 12.8 Å². The number of hydrogen-bond acceptors (Lipinski definition) is 3. The van der Waals surface area contributed by atoms with Gasteiger partial charge >= 0.3 is 0 Å². The summed E-state index contributed by atoms with van der Waals surface area (Å²) in [7, 11) is -3.56. The van der Waals surface area contributed by atoms with Crippen LogP contribution in [0.25, 0.3) is 0 Å². The van der Waals surface area contributed by atoms with Crippen LogP contribution in [-0.4, -0.2) is 33.7 Å². The lowest BCUT2D eigenvalue weighted by molar-refractivity contribution is -0.119. The minimum atomic E-state index is -3.56. The van der Waals surface area contributed by atoms with E-state index < -0.39 is 10.0 Å². The molecule has 0 aromatic heterocycles. The molecule has 0 spiro atoms. The van der Waals surface area contributed by atoms with Crippen LogP contribution in [0.15, 0.2) is 18.2 Å². The van der Waals surface area contributed by atoms with Gasteiger partial charge < -0.3 is 5.32 Å². The van der Waals surface area contributed by atoms with Crippen molar-refractivity contribution in [3.05, 3.63) is 28.8 Å². The summed E-state index contributed by atoms with van der Waals surface area (Å²) >= 11 is 5.89. The van der Waals surface area contributed by atoms with E-state index in [-0.39, 0.29) is 12.5 Å².